The molecule has 6 heteroatoms. The van der Waals surface area contributed by atoms with Crippen molar-refractivity contribution in [2.45, 2.75) is 44.9 Å². The molecule has 0 aromatic carbocycles. The number of amides is 1. The fourth-order valence-corrected chi connectivity index (χ4v) is 1.87. The normalized spacial score (nSPS) is 13.2. The lowest BCUT2D eigenvalue weighted by Gasteiger charge is -2.15. The van der Waals surface area contributed by atoms with E-state index in [0.717, 1.165) is 12.8 Å². The second-order valence-corrected chi connectivity index (χ2v) is 5.35. The van der Waals surface area contributed by atoms with Gasteiger partial charge in [-0.1, -0.05) is 32.8 Å². The molecule has 1 unspecified atom stereocenters. The zero-order chi connectivity index (χ0) is 12.8. The molecule has 5 nitrogen and oxygen atoms in total. The molecular weight excluding hydrogens is 230 g/mol. The number of hydrogen-bond donors (Lipinski definition) is 2. The average molecular weight is 249 g/mol. The molecule has 0 bridgehead atoms. The molecule has 1 atom stereocenters. The topological polar surface area (TPSA) is 83.5 Å². The lowest BCUT2D eigenvalue weighted by atomic mass is 10.2. The molecule has 0 saturated carbocycles. The Balaban J connectivity index is 4.46. The summed E-state index contributed by atoms with van der Waals surface area (Å²) >= 11 is 0. The summed E-state index contributed by atoms with van der Waals surface area (Å²) < 4.78 is 30.9. The van der Waals surface area contributed by atoms with E-state index in [1.54, 1.807) is 0 Å². The maximum Gasteiger partial charge on any atom is 0.286 e. The van der Waals surface area contributed by atoms with E-state index >= 15 is 0 Å². The molecule has 2 N–H and O–H groups in total. The van der Waals surface area contributed by atoms with E-state index < -0.39 is 21.4 Å². The van der Waals surface area contributed by atoms with Gasteiger partial charge in [0.2, 0.25) is 5.91 Å². The maximum atomic E-state index is 11.2. The molecule has 0 radical (unpaired) electrons. The van der Waals surface area contributed by atoms with E-state index in [-0.39, 0.29) is 12.0 Å². The van der Waals surface area contributed by atoms with E-state index in [1.165, 1.54) is 6.92 Å². The predicted molar refractivity (Wildman–Crippen MR) is 62.4 cm³/mol. The van der Waals surface area contributed by atoms with Crippen molar-refractivity contribution in [2.75, 3.05) is 0 Å². The Morgan fingerprint density at radius 1 is 1.44 bits per heavy atom. The Bertz CT molecular complexity index is 348. The Kier molecular flexibility index (Phi) is 6.28. The fraction of sp³-hybridized carbons (Fsp3) is 0.700. The molecule has 0 heterocycles. The van der Waals surface area contributed by atoms with Crippen LogP contribution in [0.3, 0.4) is 0 Å². The largest absolute Gasteiger partial charge is 0.334 e. The third-order valence-electron chi connectivity index (χ3n) is 2.11. The van der Waals surface area contributed by atoms with Crippen LogP contribution in [0.15, 0.2) is 12.2 Å². The van der Waals surface area contributed by atoms with Gasteiger partial charge in [-0.15, -0.1) is 0 Å². The Morgan fingerprint density at radius 3 is 2.38 bits per heavy atom. The standard InChI is InChI=1S/C10H19NO4S/c1-4-5-6-7-9(16(13,14)15)11-10(12)8(2)3/h9H,2,4-7H2,1,3H3,(H,11,12)(H,13,14,15). The first kappa shape index (κ1) is 15.1. The smallest absolute Gasteiger partial charge is 0.286 e. The number of rotatable bonds is 7. The van der Waals surface area contributed by atoms with Gasteiger partial charge >= 0.3 is 0 Å². The fourth-order valence-electron chi connectivity index (χ4n) is 1.14. The SMILES string of the molecule is C=C(C)C(=O)NC(CCCCC)S(=O)(=O)O. The van der Waals surface area contributed by atoms with Crippen LogP contribution in [0, 0.1) is 0 Å². The average Bonchev–Trinajstić information content (AvgIpc) is 2.14. The summed E-state index contributed by atoms with van der Waals surface area (Å²) in [4.78, 5) is 11.2. The second-order valence-electron chi connectivity index (χ2n) is 3.75. The van der Waals surface area contributed by atoms with Gasteiger partial charge in [0, 0.05) is 5.57 Å². The summed E-state index contributed by atoms with van der Waals surface area (Å²) in [7, 11) is -4.25. The summed E-state index contributed by atoms with van der Waals surface area (Å²) in [5.74, 6) is -0.556. The minimum absolute atomic E-state index is 0.212. The molecule has 0 aliphatic heterocycles. The molecule has 0 spiro atoms. The molecule has 94 valence electrons. The van der Waals surface area contributed by atoms with Crippen LogP contribution >= 0.6 is 0 Å². The van der Waals surface area contributed by atoms with Gasteiger partial charge in [0.1, 0.15) is 0 Å². The molecule has 0 aliphatic carbocycles. The number of nitrogens with one attached hydrogen (secondary N) is 1. The molecule has 16 heavy (non-hydrogen) atoms. The van der Waals surface area contributed by atoms with Crippen molar-refractivity contribution >= 4 is 16.0 Å². The Morgan fingerprint density at radius 2 is 2.00 bits per heavy atom. The van der Waals surface area contributed by atoms with Crippen LogP contribution in [0.25, 0.3) is 0 Å². The van der Waals surface area contributed by atoms with E-state index in [9.17, 15) is 13.2 Å². The van der Waals surface area contributed by atoms with Gasteiger partial charge in [-0.3, -0.25) is 9.35 Å². The lowest BCUT2D eigenvalue weighted by Crippen LogP contribution is -2.40. The van der Waals surface area contributed by atoms with E-state index in [2.05, 4.69) is 11.9 Å². The molecule has 0 fully saturated rings. The monoisotopic (exact) mass is 249 g/mol. The van der Waals surface area contributed by atoms with Gasteiger partial charge in [0.15, 0.2) is 5.37 Å². The molecule has 0 aromatic rings. The zero-order valence-electron chi connectivity index (χ0n) is 9.69. The zero-order valence-corrected chi connectivity index (χ0v) is 10.5. The minimum Gasteiger partial charge on any atom is -0.334 e. The Hall–Kier alpha value is -0.880. The maximum absolute atomic E-state index is 11.2. The predicted octanol–water partition coefficient (Wildman–Crippen LogP) is 1.47. The van der Waals surface area contributed by atoms with Crippen LogP contribution < -0.4 is 5.32 Å². The highest BCUT2D eigenvalue weighted by molar-refractivity contribution is 7.86. The van der Waals surface area contributed by atoms with Crippen LogP contribution in [0.1, 0.15) is 39.5 Å². The van der Waals surface area contributed by atoms with Gasteiger partial charge in [-0.2, -0.15) is 8.42 Å². The van der Waals surface area contributed by atoms with Crippen molar-refractivity contribution in [2.24, 2.45) is 0 Å². The summed E-state index contributed by atoms with van der Waals surface area (Å²) in [6.45, 7) is 6.85. The summed E-state index contributed by atoms with van der Waals surface area (Å²) in [6, 6.07) is 0. The van der Waals surface area contributed by atoms with Crippen LogP contribution in [0.4, 0.5) is 0 Å². The van der Waals surface area contributed by atoms with E-state index in [0.29, 0.717) is 6.42 Å². The molecular formula is C10H19NO4S. The van der Waals surface area contributed by atoms with Gasteiger partial charge in [-0.05, 0) is 13.3 Å². The summed E-state index contributed by atoms with van der Waals surface area (Å²) in [5.41, 5.74) is 0.212. The first-order valence-electron chi connectivity index (χ1n) is 5.21. The van der Waals surface area contributed by atoms with Crippen LogP contribution in [0.5, 0.6) is 0 Å². The first-order chi connectivity index (χ1) is 7.29. The van der Waals surface area contributed by atoms with Crippen molar-refractivity contribution in [1.82, 2.24) is 5.32 Å². The van der Waals surface area contributed by atoms with E-state index in [4.69, 9.17) is 4.55 Å². The van der Waals surface area contributed by atoms with Crippen molar-refractivity contribution in [3.05, 3.63) is 12.2 Å². The quantitative estimate of drug-likeness (QED) is 0.406. The van der Waals surface area contributed by atoms with E-state index in [1.807, 2.05) is 6.92 Å². The number of carbonyl (C=O) groups is 1. The molecule has 0 aliphatic rings. The highest BCUT2D eigenvalue weighted by Crippen LogP contribution is 2.08. The first-order valence-corrected chi connectivity index (χ1v) is 6.72. The van der Waals surface area contributed by atoms with Gasteiger partial charge in [0.25, 0.3) is 10.1 Å². The van der Waals surface area contributed by atoms with Crippen molar-refractivity contribution < 1.29 is 17.8 Å². The highest BCUT2D eigenvalue weighted by atomic mass is 32.2. The minimum atomic E-state index is -4.25. The number of hydrogen-bond acceptors (Lipinski definition) is 3. The molecule has 1 amide bonds. The van der Waals surface area contributed by atoms with Crippen LogP contribution in [-0.2, 0) is 14.9 Å². The van der Waals surface area contributed by atoms with Gasteiger partial charge < -0.3 is 5.32 Å². The van der Waals surface area contributed by atoms with Crippen molar-refractivity contribution in [1.29, 1.82) is 0 Å². The van der Waals surface area contributed by atoms with Crippen LogP contribution in [-0.4, -0.2) is 24.3 Å². The molecule has 0 aromatic heterocycles. The lowest BCUT2D eigenvalue weighted by molar-refractivity contribution is -0.117. The molecule has 0 rings (SSSR count). The highest BCUT2D eigenvalue weighted by Gasteiger charge is 2.24. The van der Waals surface area contributed by atoms with Gasteiger partial charge in [-0.25, -0.2) is 0 Å². The van der Waals surface area contributed by atoms with Crippen molar-refractivity contribution in [3.63, 3.8) is 0 Å². The third-order valence-corrected chi connectivity index (χ3v) is 3.18. The Labute approximate surface area is 96.7 Å². The summed E-state index contributed by atoms with van der Waals surface area (Å²) in [6.07, 6.45) is 2.64. The second kappa shape index (κ2) is 6.65. The van der Waals surface area contributed by atoms with Gasteiger partial charge in [0.05, 0.1) is 0 Å². The van der Waals surface area contributed by atoms with Crippen LogP contribution in [0.2, 0.25) is 0 Å². The number of carbonyl (C=O) groups excluding carboxylic acids is 1. The third kappa shape index (κ3) is 5.87. The van der Waals surface area contributed by atoms with Crippen molar-refractivity contribution in [3.8, 4) is 0 Å². The number of unbranched alkanes of at least 4 members (excludes halogenated alkanes) is 2. The summed E-state index contributed by atoms with van der Waals surface area (Å²) in [5, 5.41) is 1.01. The molecule has 0 saturated heterocycles.